The van der Waals surface area contributed by atoms with E-state index in [4.69, 9.17) is 5.73 Å². The Hall–Kier alpha value is -1.23. The van der Waals surface area contributed by atoms with Gasteiger partial charge in [0.15, 0.2) is 9.84 Å². The summed E-state index contributed by atoms with van der Waals surface area (Å²) in [6.07, 6.45) is 0. The van der Waals surface area contributed by atoms with Crippen molar-refractivity contribution in [3.63, 3.8) is 0 Å². The zero-order valence-electron chi connectivity index (χ0n) is 9.26. The number of nitrogen functional groups attached to an aromatic ring is 1. The number of hydrogen-bond acceptors (Lipinski definition) is 4. The van der Waals surface area contributed by atoms with Crippen LogP contribution in [0.5, 0.6) is 0 Å². The van der Waals surface area contributed by atoms with Gasteiger partial charge in [-0.1, -0.05) is 12.1 Å². The average molecular weight is 240 g/mol. The third-order valence-electron chi connectivity index (χ3n) is 2.92. The Morgan fingerprint density at radius 1 is 1.38 bits per heavy atom. The molecule has 2 rings (SSSR count). The first-order chi connectivity index (χ1) is 7.49. The number of hydrogen-bond donors (Lipinski definition) is 1. The molecular formula is C11H16N2O2S. The molecule has 1 aliphatic heterocycles. The highest BCUT2D eigenvalue weighted by Gasteiger charge is 2.28. The van der Waals surface area contributed by atoms with Crippen LogP contribution < -0.4 is 10.6 Å². The number of rotatable bonds is 1. The number of nitrogens with two attached hydrogens (primary N) is 1. The summed E-state index contributed by atoms with van der Waals surface area (Å²) in [5, 5.41) is 0. The molecule has 0 bridgehead atoms. The Labute approximate surface area is 96.0 Å². The third-order valence-corrected chi connectivity index (χ3v) is 4.71. The first-order valence-electron chi connectivity index (χ1n) is 5.31. The zero-order valence-corrected chi connectivity index (χ0v) is 10.1. The summed E-state index contributed by atoms with van der Waals surface area (Å²) in [6, 6.07) is 7.56. The van der Waals surface area contributed by atoms with Crippen LogP contribution in [0.3, 0.4) is 0 Å². The Morgan fingerprint density at radius 2 is 2.06 bits per heavy atom. The second kappa shape index (κ2) is 3.97. The van der Waals surface area contributed by atoms with Gasteiger partial charge in [-0.15, -0.1) is 0 Å². The van der Waals surface area contributed by atoms with Crippen LogP contribution in [0.1, 0.15) is 6.92 Å². The number of benzene rings is 1. The van der Waals surface area contributed by atoms with E-state index in [1.165, 1.54) is 0 Å². The van der Waals surface area contributed by atoms with Gasteiger partial charge in [0.2, 0.25) is 0 Å². The van der Waals surface area contributed by atoms with E-state index < -0.39 is 9.84 Å². The summed E-state index contributed by atoms with van der Waals surface area (Å²) in [4.78, 5) is 2.07. The highest BCUT2D eigenvalue weighted by atomic mass is 32.2. The van der Waals surface area contributed by atoms with Gasteiger partial charge in [0, 0.05) is 12.6 Å². The maximum Gasteiger partial charge on any atom is 0.154 e. The molecule has 0 radical (unpaired) electrons. The lowest BCUT2D eigenvalue weighted by Crippen LogP contribution is -2.47. The highest BCUT2D eigenvalue weighted by molar-refractivity contribution is 7.91. The summed E-state index contributed by atoms with van der Waals surface area (Å²) in [7, 11) is -2.87. The van der Waals surface area contributed by atoms with Gasteiger partial charge < -0.3 is 10.6 Å². The fourth-order valence-corrected chi connectivity index (χ4v) is 3.66. The topological polar surface area (TPSA) is 63.4 Å². The Kier molecular flexibility index (Phi) is 2.80. The monoisotopic (exact) mass is 240 g/mol. The molecule has 1 aromatic carbocycles. The van der Waals surface area contributed by atoms with Crippen LogP contribution >= 0.6 is 0 Å². The van der Waals surface area contributed by atoms with Crippen molar-refractivity contribution in [3.05, 3.63) is 24.3 Å². The minimum Gasteiger partial charge on any atom is -0.397 e. The van der Waals surface area contributed by atoms with Gasteiger partial charge in [0.05, 0.1) is 22.9 Å². The Morgan fingerprint density at radius 3 is 2.69 bits per heavy atom. The number of anilines is 2. The van der Waals surface area contributed by atoms with Gasteiger partial charge in [-0.3, -0.25) is 0 Å². The van der Waals surface area contributed by atoms with Gasteiger partial charge in [-0.05, 0) is 19.1 Å². The fraction of sp³-hybridized carbons (Fsp3) is 0.455. The van der Waals surface area contributed by atoms with Crippen molar-refractivity contribution in [2.24, 2.45) is 0 Å². The molecule has 0 aliphatic carbocycles. The van der Waals surface area contributed by atoms with Gasteiger partial charge >= 0.3 is 0 Å². The van der Waals surface area contributed by atoms with E-state index in [0.717, 1.165) is 5.69 Å². The second-order valence-corrected chi connectivity index (χ2v) is 6.44. The van der Waals surface area contributed by atoms with Gasteiger partial charge in [0.1, 0.15) is 0 Å². The molecule has 0 amide bonds. The van der Waals surface area contributed by atoms with E-state index in [9.17, 15) is 8.42 Å². The van der Waals surface area contributed by atoms with Gasteiger partial charge in [-0.2, -0.15) is 0 Å². The normalized spacial score (nSPS) is 24.3. The van der Waals surface area contributed by atoms with Crippen LogP contribution in [0.15, 0.2) is 24.3 Å². The molecule has 1 atom stereocenters. The van der Waals surface area contributed by atoms with Crippen molar-refractivity contribution in [2.75, 3.05) is 28.7 Å². The molecule has 4 nitrogen and oxygen atoms in total. The minimum absolute atomic E-state index is 0.0107. The van der Waals surface area contributed by atoms with Crippen LogP contribution in [0.25, 0.3) is 0 Å². The Balaban J connectivity index is 2.27. The van der Waals surface area contributed by atoms with Crippen molar-refractivity contribution in [1.29, 1.82) is 0 Å². The van der Waals surface area contributed by atoms with Crippen molar-refractivity contribution in [2.45, 2.75) is 13.0 Å². The molecule has 1 unspecified atom stereocenters. The smallest absolute Gasteiger partial charge is 0.154 e. The van der Waals surface area contributed by atoms with Crippen molar-refractivity contribution in [3.8, 4) is 0 Å². The summed E-state index contributed by atoms with van der Waals surface area (Å²) in [6.45, 7) is 2.45. The standard InChI is InChI=1S/C11H16N2O2S/c1-9-8-16(14,15)7-6-13(9)11-5-3-2-4-10(11)12/h2-5,9H,6-8,12H2,1H3. The van der Waals surface area contributed by atoms with E-state index >= 15 is 0 Å². The van der Waals surface area contributed by atoms with Crippen molar-refractivity contribution in [1.82, 2.24) is 0 Å². The molecule has 1 fully saturated rings. The van der Waals surface area contributed by atoms with E-state index in [2.05, 4.69) is 4.90 Å². The first kappa shape index (κ1) is 11.3. The minimum atomic E-state index is -2.87. The van der Waals surface area contributed by atoms with Crippen LogP contribution in [-0.4, -0.2) is 32.5 Å². The first-order valence-corrected chi connectivity index (χ1v) is 7.13. The molecule has 1 aliphatic rings. The van der Waals surface area contributed by atoms with Crippen LogP contribution in [0.4, 0.5) is 11.4 Å². The van der Waals surface area contributed by atoms with Crippen molar-refractivity contribution < 1.29 is 8.42 Å². The summed E-state index contributed by atoms with van der Waals surface area (Å²) < 4.78 is 22.9. The Bertz CT molecular complexity index is 485. The average Bonchev–Trinajstić information content (AvgIpc) is 2.18. The molecule has 16 heavy (non-hydrogen) atoms. The molecule has 0 spiro atoms. The lowest BCUT2D eigenvalue weighted by Gasteiger charge is -2.35. The molecule has 1 saturated heterocycles. The fourth-order valence-electron chi connectivity index (χ4n) is 2.11. The number of sulfone groups is 1. The summed E-state index contributed by atoms with van der Waals surface area (Å²) in [5.41, 5.74) is 7.53. The maximum atomic E-state index is 11.5. The van der Waals surface area contributed by atoms with Crippen LogP contribution in [0.2, 0.25) is 0 Å². The van der Waals surface area contributed by atoms with E-state index in [0.29, 0.717) is 12.2 Å². The lowest BCUT2D eigenvalue weighted by molar-refractivity contribution is 0.568. The lowest BCUT2D eigenvalue weighted by atomic mass is 10.2. The third kappa shape index (κ3) is 2.14. The zero-order chi connectivity index (χ0) is 11.8. The van der Waals surface area contributed by atoms with E-state index in [-0.39, 0.29) is 17.5 Å². The molecule has 1 aromatic rings. The summed E-state index contributed by atoms with van der Waals surface area (Å²) >= 11 is 0. The van der Waals surface area contributed by atoms with Gasteiger partial charge in [-0.25, -0.2) is 8.42 Å². The highest BCUT2D eigenvalue weighted by Crippen LogP contribution is 2.26. The second-order valence-electron chi connectivity index (χ2n) is 4.22. The van der Waals surface area contributed by atoms with E-state index in [1.807, 2.05) is 31.2 Å². The van der Waals surface area contributed by atoms with Crippen molar-refractivity contribution >= 4 is 21.2 Å². The molecular weight excluding hydrogens is 224 g/mol. The SMILES string of the molecule is CC1CS(=O)(=O)CCN1c1ccccc1N. The maximum absolute atomic E-state index is 11.5. The quantitative estimate of drug-likeness (QED) is 0.741. The van der Waals surface area contributed by atoms with Gasteiger partial charge in [0.25, 0.3) is 0 Å². The van der Waals surface area contributed by atoms with E-state index in [1.54, 1.807) is 0 Å². The molecule has 88 valence electrons. The molecule has 2 N–H and O–H groups in total. The van der Waals surface area contributed by atoms with Crippen LogP contribution in [-0.2, 0) is 9.84 Å². The molecule has 0 aromatic heterocycles. The molecule has 5 heteroatoms. The largest absolute Gasteiger partial charge is 0.397 e. The molecule has 1 heterocycles. The molecule has 0 saturated carbocycles. The number of nitrogens with zero attached hydrogens (tertiary/aromatic N) is 1. The number of para-hydroxylation sites is 2. The van der Waals surface area contributed by atoms with Crippen LogP contribution in [0, 0.1) is 0 Å². The predicted octanol–water partition coefficient (Wildman–Crippen LogP) is 0.892. The predicted molar refractivity (Wildman–Crippen MR) is 66.3 cm³/mol. The summed E-state index contributed by atoms with van der Waals surface area (Å²) in [5.74, 6) is 0.424.